The first-order valence-electron chi connectivity index (χ1n) is 6.19. The van der Waals surface area contributed by atoms with E-state index in [4.69, 9.17) is 23.2 Å². The Morgan fingerprint density at radius 2 is 2.00 bits per heavy atom. The van der Waals surface area contributed by atoms with Gasteiger partial charge in [0.05, 0.1) is 16.3 Å². The van der Waals surface area contributed by atoms with Crippen LogP contribution in [0.5, 0.6) is 0 Å². The Bertz CT molecular complexity index is 771. The number of imidazole rings is 1. The lowest BCUT2D eigenvalue weighted by Crippen LogP contribution is -2.00. The van der Waals surface area contributed by atoms with Gasteiger partial charge in [0.2, 0.25) is 5.95 Å². The number of aromatic nitrogens is 4. The van der Waals surface area contributed by atoms with Gasteiger partial charge in [0, 0.05) is 36.2 Å². The molecule has 0 unspecified atom stereocenters. The first-order chi connectivity index (χ1) is 10.2. The molecular weight excluding hydrogens is 309 g/mol. The maximum atomic E-state index is 6.30. The fourth-order valence-corrected chi connectivity index (χ4v) is 2.47. The molecule has 2 N–H and O–H groups in total. The summed E-state index contributed by atoms with van der Waals surface area (Å²) in [5, 5.41) is 4.02. The zero-order chi connectivity index (χ0) is 14.8. The Labute approximate surface area is 131 Å². The van der Waals surface area contributed by atoms with Crippen LogP contribution in [0, 0.1) is 0 Å². The summed E-state index contributed by atoms with van der Waals surface area (Å²) in [7, 11) is 1.76. The predicted octanol–water partition coefficient (Wildman–Crippen LogP) is 3.88. The molecule has 106 valence electrons. The van der Waals surface area contributed by atoms with E-state index in [0.717, 1.165) is 11.1 Å². The second-order valence-electron chi connectivity index (χ2n) is 4.27. The highest BCUT2D eigenvalue weighted by molar-refractivity contribution is 6.36. The van der Waals surface area contributed by atoms with Crippen molar-refractivity contribution in [2.75, 3.05) is 12.4 Å². The lowest BCUT2D eigenvalue weighted by molar-refractivity contribution is 1.14. The molecule has 7 heteroatoms. The molecule has 1 aromatic carbocycles. The molecular formula is C14H11Cl2N5. The number of nitrogens with one attached hydrogen (secondary N) is 2. The van der Waals surface area contributed by atoms with E-state index in [2.05, 4.69) is 25.3 Å². The predicted molar refractivity (Wildman–Crippen MR) is 84.6 cm³/mol. The highest BCUT2D eigenvalue weighted by Gasteiger charge is 2.15. The second-order valence-corrected chi connectivity index (χ2v) is 5.11. The molecule has 0 spiro atoms. The Balaban J connectivity index is 2.23. The molecule has 0 radical (unpaired) electrons. The van der Waals surface area contributed by atoms with E-state index in [0.29, 0.717) is 27.5 Å². The van der Waals surface area contributed by atoms with Crippen molar-refractivity contribution in [3.05, 3.63) is 46.8 Å². The van der Waals surface area contributed by atoms with Crippen LogP contribution in [-0.4, -0.2) is 27.0 Å². The van der Waals surface area contributed by atoms with Crippen LogP contribution < -0.4 is 5.32 Å². The van der Waals surface area contributed by atoms with Gasteiger partial charge in [0.1, 0.15) is 5.82 Å². The Hall–Kier alpha value is -2.11. The largest absolute Gasteiger partial charge is 0.357 e. The van der Waals surface area contributed by atoms with Gasteiger partial charge in [-0.15, -0.1) is 0 Å². The number of anilines is 1. The van der Waals surface area contributed by atoms with Gasteiger partial charge in [0.25, 0.3) is 0 Å². The lowest BCUT2D eigenvalue weighted by atomic mass is 10.1. The molecule has 0 saturated heterocycles. The second kappa shape index (κ2) is 5.71. The molecule has 2 aromatic heterocycles. The van der Waals surface area contributed by atoms with E-state index in [1.54, 1.807) is 37.8 Å². The van der Waals surface area contributed by atoms with Crippen molar-refractivity contribution in [1.82, 2.24) is 19.9 Å². The summed E-state index contributed by atoms with van der Waals surface area (Å²) < 4.78 is 0. The minimum atomic E-state index is 0.506. The maximum Gasteiger partial charge on any atom is 0.222 e. The summed E-state index contributed by atoms with van der Waals surface area (Å²) in [5.41, 5.74) is 2.22. The van der Waals surface area contributed by atoms with Crippen LogP contribution in [0.25, 0.3) is 22.6 Å². The Kier molecular flexibility index (Phi) is 3.77. The van der Waals surface area contributed by atoms with Crippen molar-refractivity contribution in [2.24, 2.45) is 0 Å². The third-order valence-electron chi connectivity index (χ3n) is 2.95. The normalized spacial score (nSPS) is 10.6. The topological polar surface area (TPSA) is 66.5 Å². The first kappa shape index (κ1) is 13.9. The standard InChI is InChI=1S/C14H11Cl2N5/c1-17-14-20-7-10(13-18-4-5-19-13)12(21-14)9-3-2-8(15)6-11(9)16/h2-7H,1H3,(H,18,19)(H,17,20,21). The van der Waals surface area contributed by atoms with Crippen molar-refractivity contribution in [3.8, 4) is 22.6 Å². The van der Waals surface area contributed by atoms with E-state index in [1.165, 1.54) is 0 Å². The number of aromatic amines is 1. The maximum absolute atomic E-state index is 6.30. The van der Waals surface area contributed by atoms with Crippen LogP contribution in [0.3, 0.4) is 0 Å². The zero-order valence-electron chi connectivity index (χ0n) is 11.1. The molecule has 3 rings (SSSR count). The van der Waals surface area contributed by atoms with Crippen molar-refractivity contribution in [3.63, 3.8) is 0 Å². The van der Waals surface area contributed by atoms with Crippen LogP contribution in [0.15, 0.2) is 36.8 Å². The van der Waals surface area contributed by atoms with Crippen molar-refractivity contribution >= 4 is 29.2 Å². The molecule has 5 nitrogen and oxygen atoms in total. The molecule has 0 aliphatic carbocycles. The smallest absolute Gasteiger partial charge is 0.222 e. The van der Waals surface area contributed by atoms with E-state index >= 15 is 0 Å². The summed E-state index contributed by atoms with van der Waals surface area (Å²) in [4.78, 5) is 16.0. The average molecular weight is 320 g/mol. The number of nitrogens with zero attached hydrogens (tertiary/aromatic N) is 3. The van der Waals surface area contributed by atoms with Crippen molar-refractivity contribution in [2.45, 2.75) is 0 Å². The van der Waals surface area contributed by atoms with E-state index in [9.17, 15) is 0 Å². The van der Waals surface area contributed by atoms with E-state index in [1.807, 2.05) is 6.07 Å². The van der Waals surface area contributed by atoms with Crippen molar-refractivity contribution < 1.29 is 0 Å². The van der Waals surface area contributed by atoms with E-state index < -0.39 is 0 Å². The summed E-state index contributed by atoms with van der Waals surface area (Å²) in [6.45, 7) is 0. The number of rotatable bonds is 3. The summed E-state index contributed by atoms with van der Waals surface area (Å²) in [6.07, 6.45) is 5.13. The summed E-state index contributed by atoms with van der Waals surface area (Å²) in [6, 6.07) is 5.29. The minimum absolute atomic E-state index is 0.506. The highest BCUT2D eigenvalue weighted by atomic mass is 35.5. The lowest BCUT2D eigenvalue weighted by Gasteiger charge is -2.10. The molecule has 0 saturated carbocycles. The molecule has 0 amide bonds. The number of benzene rings is 1. The molecule has 2 heterocycles. The molecule has 0 fully saturated rings. The summed E-state index contributed by atoms with van der Waals surface area (Å²) >= 11 is 12.3. The van der Waals surface area contributed by atoms with Gasteiger partial charge in [-0.1, -0.05) is 23.2 Å². The minimum Gasteiger partial charge on any atom is -0.357 e. The quantitative estimate of drug-likeness (QED) is 0.768. The molecule has 0 bridgehead atoms. The van der Waals surface area contributed by atoms with Gasteiger partial charge in [-0.3, -0.25) is 0 Å². The number of hydrogen-bond acceptors (Lipinski definition) is 4. The van der Waals surface area contributed by atoms with Gasteiger partial charge in [0.15, 0.2) is 0 Å². The molecule has 0 aliphatic heterocycles. The molecule has 0 aliphatic rings. The third-order valence-corrected chi connectivity index (χ3v) is 3.50. The SMILES string of the molecule is CNc1ncc(-c2ncc[nH]2)c(-c2ccc(Cl)cc2Cl)n1. The van der Waals surface area contributed by atoms with Gasteiger partial charge < -0.3 is 10.3 Å². The van der Waals surface area contributed by atoms with E-state index in [-0.39, 0.29) is 0 Å². The summed E-state index contributed by atoms with van der Waals surface area (Å²) in [5.74, 6) is 1.19. The van der Waals surface area contributed by atoms with Gasteiger partial charge >= 0.3 is 0 Å². The van der Waals surface area contributed by atoms with Crippen molar-refractivity contribution in [1.29, 1.82) is 0 Å². The molecule has 21 heavy (non-hydrogen) atoms. The third kappa shape index (κ3) is 2.70. The fraction of sp³-hybridized carbons (Fsp3) is 0.0714. The highest BCUT2D eigenvalue weighted by Crippen LogP contribution is 2.34. The van der Waals surface area contributed by atoms with Crippen LogP contribution in [0.4, 0.5) is 5.95 Å². The van der Waals surface area contributed by atoms with Crippen LogP contribution in [0.2, 0.25) is 10.0 Å². The Morgan fingerprint density at radius 3 is 2.67 bits per heavy atom. The first-order valence-corrected chi connectivity index (χ1v) is 6.94. The van der Waals surface area contributed by atoms with Crippen LogP contribution in [-0.2, 0) is 0 Å². The van der Waals surface area contributed by atoms with Crippen LogP contribution in [0.1, 0.15) is 0 Å². The number of H-pyrrole nitrogens is 1. The number of hydrogen-bond donors (Lipinski definition) is 2. The monoisotopic (exact) mass is 319 g/mol. The Morgan fingerprint density at radius 1 is 1.14 bits per heavy atom. The molecule has 3 aromatic rings. The van der Waals surface area contributed by atoms with Gasteiger partial charge in [-0.2, -0.15) is 0 Å². The fourth-order valence-electron chi connectivity index (χ4n) is 1.97. The van der Waals surface area contributed by atoms with Gasteiger partial charge in [-0.25, -0.2) is 15.0 Å². The molecule has 0 atom stereocenters. The zero-order valence-corrected chi connectivity index (χ0v) is 12.6. The van der Waals surface area contributed by atoms with Crippen LogP contribution >= 0.6 is 23.2 Å². The average Bonchev–Trinajstić information content (AvgIpc) is 3.01. The van der Waals surface area contributed by atoms with Gasteiger partial charge in [-0.05, 0) is 18.2 Å². The number of halogens is 2.